The van der Waals surface area contributed by atoms with Gasteiger partial charge in [-0.05, 0) is 49.2 Å². The number of aromatic nitrogens is 2. The molecule has 32 heavy (non-hydrogen) atoms. The molecule has 1 saturated heterocycles. The molecule has 3 aromatic rings. The molecular weight excluding hydrogens is 446 g/mol. The van der Waals surface area contributed by atoms with E-state index in [1.54, 1.807) is 6.20 Å². The number of likely N-dealkylation sites (tertiary alicyclic amines) is 1. The fourth-order valence-corrected chi connectivity index (χ4v) is 5.07. The Balaban J connectivity index is 1.33. The number of halogens is 1. The molecule has 1 N–H and O–H groups in total. The van der Waals surface area contributed by atoms with Crippen molar-refractivity contribution in [1.82, 2.24) is 14.9 Å². The van der Waals surface area contributed by atoms with Crippen LogP contribution in [0.15, 0.2) is 36.5 Å². The van der Waals surface area contributed by atoms with Crippen LogP contribution >= 0.6 is 22.9 Å². The highest BCUT2D eigenvalue weighted by molar-refractivity contribution is 7.16. The van der Waals surface area contributed by atoms with E-state index in [-0.39, 0.29) is 6.04 Å². The second-order valence-corrected chi connectivity index (χ2v) is 9.24. The number of rotatable bonds is 5. The van der Waals surface area contributed by atoms with E-state index < -0.39 is 0 Å². The van der Waals surface area contributed by atoms with Gasteiger partial charge in [-0.2, -0.15) is 5.26 Å². The van der Waals surface area contributed by atoms with E-state index in [1.807, 2.05) is 24.3 Å². The van der Waals surface area contributed by atoms with Gasteiger partial charge in [0.2, 0.25) is 0 Å². The van der Waals surface area contributed by atoms with Gasteiger partial charge >= 0.3 is 0 Å². The number of nitrogens with zero attached hydrogens (tertiary/aromatic N) is 4. The van der Waals surface area contributed by atoms with Crippen LogP contribution in [0.3, 0.4) is 0 Å². The van der Waals surface area contributed by atoms with Crippen LogP contribution in [0.2, 0.25) is 5.02 Å². The van der Waals surface area contributed by atoms with E-state index in [0.29, 0.717) is 34.0 Å². The van der Waals surface area contributed by atoms with Gasteiger partial charge in [-0.15, -0.1) is 0 Å². The second-order valence-electron chi connectivity index (χ2n) is 7.80. The van der Waals surface area contributed by atoms with Crippen LogP contribution in [0.5, 0.6) is 11.5 Å². The first-order valence-electron chi connectivity index (χ1n) is 10.6. The van der Waals surface area contributed by atoms with Gasteiger partial charge in [0.25, 0.3) is 0 Å². The Hall–Kier alpha value is -2.86. The average molecular weight is 468 g/mol. The van der Waals surface area contributed by atoms with Gasteiger partial charge in [-0.1, -0.05) is 29.0 Å². The molecule has 0 radical (unpaired) electrons. The smallest absolute Gasteiger partial charge is 0.189 e. The van der Waals surface area contributed by atoms with Crippen LogP contribution in [0.1, 0.15) is 41.4 Å². The maximum atomic E-state index is 9.00. The number of ether oxygens (including phenoxy) is 2. The van der Waals surface area contributed by atoms with E-state index in [9.17, 15) is 0 Å². The first kappa shape index (κ1) is 21.0. The fraction of sp³-hybridized carbons (Fsp3) is 0.348. The molecule has 2 aromatic heterocycles. The molecule has 9 heteroatoms. The van der Waals surface area contributed by atoms with Gasteiger partial charge in [-0.3, -0.25) is 4.90 Å². The highest BCUT2D eigenvalue weighted by atomic mass is 35.5. The zero-order chi connectivity index (χ0) is 21.9. The van der Waals surface area contributed by atoms with E-state index in [0.717, 1.165) is 55.2 Å². The number of anilines is 2. The molecule has 5 rings (SSSR count). The van der Waals surface area contributed by atoms with Crippen molar-refractivity contribution in [3.63, 3.8) is 0 Å². The lowest BCUT2D eigenvalue weighted by molar-refractivity contribution is 0.244. The van der Waals surface area contributed by atoms with Crippen molar-refractivity contribution in [2.45, 2.75) is 31.8 Å². The fourth-order valence-electron chi connectivity index (χ4n) is 4.16. The van der Waals surface area contributed by atoms with Crippen molar-refractivity contribution < 1.29 is 9.47 Å². The number of fused-ring (bicyclic) bond motifs is 1. The van der Waals surface area contributed by atoms with Gasteiger partial charge < -0.3 is 14.8 Å². The summed E-state index contributed by atoms with van der Waals surface area (Å²) in [6.07, 6.45) is 4.57. The SMILES string of the molecule is N#Cc1cnc(Nc2cccc(C3CCCN3Cc3cc(Cl)c4c(c3)OCCCO4)n2)s1. The predicted molar refractivity (Wildman–Crippen MR) is 124 cm³/mol. The van der Waals surface area contributed by atoms with E-state index >= 15 is 0 Å². The molecule has 2 aliphatic rings. The lowest BCUT2D eigenvalue weighted by Gasteiger charge is -2.25. The molecule has 0 bridgehead atoms. The van der Waals surface area contributed by atoms with Gasteiger partial charge in [0.05, 0.1) is 36.2 Å². The minimum absolute atomic E-state index is 0.220. The summed E-state index contributed by atoms with van der Waals surface area (Å²) in [5, 5.41) is 13.5. The van der Waals surface area contributed by atoms with Crippen molar-refractivity contribution in [3.8, 4) is 17.6 Å². The third kappa shape index (κ3) is 4.51. The molecule has 1 aromatic carbocycles. The topological polar surface area (TPSA) is 83.3 Å². The minimum atomic E-state index is 0.220. The molecule has 7 nitrogen and oxygen atoms in total. The lowest BCUT2D eigenvalue weighted by atomic mass is 10.1. The monoisotopic (exact) mass is 467 g/mol. The molecule has 0 amide bonds. The first-order valence-corrected chi connectivity index (χ1v) is 11.8. The summed E-state index contributed by atoms with van der Waals surface area (Å²) in [6, 6.07) is 12.3. The van der Waals surface area contributed by atoms with Crippen LogP contribution in [0.4, 0.5) is 10.9 Å². The maximum Gasteiger partial charge on any atom is 0.189 e. The van der Waals surface area contributed by atoms with E-state index in [1.165, 1.54) is 11.3 Å². The molecule has 1 fully saturated rings. The first-order chi connectivity index (χ1) is 15.7. The third-order valence-electron chi connectivity index (χ3n) is 5.57. The zero-order valence-electron chi connectivity index (χ0n) is 17.4. The number of pyridine rings is 1. The summed E-state index contributed by atoms with van der Waals surface area (Å²) in [6.45, 7) is 3.01. The number of nitrogens with one attached hydrogen (secondary N) is 1. The molecule has 1 atom stereocenters. The molecule has 164 valence electrons. The Labute approximate surface area is 195 Å². The van der Waals surface area contributed by atoms with Crippen LogP contribution in [-0.4, -0.2) is 34.6 Å². The summed E-state index contributed by atoms with van der Waals surface area (Å²) >= 11 is 7.81. The van der Waals surface area contributed by atoms with Crippen molar-refractivity contribution in [1.29, 1.82) is 5.26 Å². The van der Waals surface area contributed by atoms with Crippen molar-refractivity contribution in [2.24, 2.45) is 0 Å². The number of nitriles is 1. The second kappa shape index (κ2) is 9.33. The standard InChI is InChI=1S/C23H22ClN5O2S/c24-17-10-15(11-20-22(17)31-9-3-8-30-20)14-29-7-2-5-19(29)18-4-1-6-21(27-18)28-23-26-13-16(12-25)32-23/h1,4,6,10-11,13,19H,2-3,5,7-9,14H2,(H,26,27,28). The van der Waals surface area contributed by atoms with Crippen LogP contribution in [-0.2, 0) is 6.54 Å². The average Bonchev–Trinajstić information content (AvgIpc) is 3.37. The molecular formula is C23H22ClN5O2S. The highest BCUT2D eigenvalue weighted by Crippen LogP contribution is 2.40. The Morgan fingerprint density at radius 3 is 3.03 bits per heavy atom. The molecule has 0 spiro atoms. The predicted octanol–water partition coefficient (Wildman–Crippen LogP) is 5.31. The van der Waals surface area contributed by atoms with Gasteiger partial charge in [0.15, 0.2) is 16.6 Å². The molecule has 2 aliphatic heterocycles. The molecule has 0 aliphatic carbocycles. The minimum Gasteiger partial charge on any atom is -0.489 e. The van der Waals surface area contributed by atoms with Crippen LogP contribution in [0, 0.1) is 11.3 Å². The number of thiazole rings is 1. The lowest BCUT2D eigenvalue weighted by Crippen LogP contribution is -2.23. The van der Waals surface area contributed by atoms with Gasteiger partial charge in [0.1, 0.15) is 16.8 Å². The Bertz CT molecular complexity index is 1160. The van der Waals surface area contributed by atoms with Gasteiger partial charge in [0, 0.05) is 13.0 Å². The number of benzene rings is 1. The number of hydrogen-bond acceptors (Lipinski definition) is 8. The Kier molecular flexibility index (Phi) is 6.12. The van der Waals surface area contributed by atoms with Crippen molar-refractivity contribution >= 4 is 33.9 Å². The van der Waals surface area contributed by atoms with E-state index in [2.05, 4.69) is 27.3 Å². The highest BCUT2D eigenvalue weighted by Gasteiger charge is 2.28. The van der Waals surface area contributed by atoms with Gasteiger partial charge in [-0.25, -0.2) is 9.97 Å². The normalized spacial score (nSPS) is 18.2. The molecule has 0 saturated carbocycles. The molecule has 1 unspecified atom stereocenters. The van der Waals surface area contributed by atoms with Crippen LogP contribution in [0.25, 0.3) is 0 Å². The maximum absolute atomic E-state index is 9.00. The summed E-state index contributed by atoms with van der Waals surface area (Å²) in [7, 11) is 0. The summed E-state index contributed by atoms with van der Waals surface area (Å²) < 4.78 is 11.6. The van der Waals surface area contributed by atoms with Crippen LogP contribution < -0.4 is 14.8 Å². The largest absolute Gasteiger partial charge is 0.489 e. The Morgan fingerprint density at radius 1 is 1.25 bits per heavy atom. The zero-order valence-corrected chi connectivity index (χ0v) is 19.0. The quantitative estimate of drug-likeness (QED) is 0.544. The summed E-state index contributed by atoms with van der Waals surface area (Å²) in [5.41, 5.74) is 2.12. The van der Waals surface area contributed by atoms with Crippen molar-refractivity contribution in [3.05, 3.63) is 57.7 Å². The molecule has 4 heterocycles. The Morgan fingerprint density at radius 2 is 2.16 bits per heavy atom. The van der Waals surface area contributed by atoms with E-state index in [4.69, 9.17) is 31.3 Å². The summed E-state index contributed by atoms with van der Waals surface area (Å²) in [4.78, 5) is 12.1. The number of hydrogen-bond donors (Lipinski definition) is 1. The third-order valence-corrected chi connectivity index (χ3v) is 6.67. The van der Waals surface area contributed by atoms with Crippen molar-refractivity contribution in [2.75, 3.05) is 25.1 Å². The summed E-state index contributed by atoms with van der Waals surface area (Å²) in [5.74, 6) is 2.10.